The fraction of sp³-hybridized carbons (Fsp3) is 0.316. The van der Waals surface area contributed by atoms with E-state index in [2.05, 4.69) is 10.3 Å². The molecule has 1 N–H and O–H groups in total. The molecule has 0 saturated heterocycles. The topological polar surface area (TPSA) is 96.1 Å². The van der Waals surface area contributed by atoms with Crippen molar-refractivity contribution in [2.45, 2.75) is 12.1 Å². The number of aryl methyl sites for hydroxylation is 1. The van der Waals surface area contributed by atoms with Crippen molar-refractivity contribution in [3.8, 4) is 0 Å². The van der Waals surface area contributed by atoms with E-state index >= 15 is 0 Å². The van der Waals surface area contributed by atoms with Crippen LogP contribution in [-0.4, -0.2) is 52.7 Å². The minimum Gasteiger partial charge on any atom is -0.352 e. The third-order valence-electron chi connectivity index (χ3n) is 4.84. The van der Waals surface area contributed by atoms with Gasteiger partial charge in [0.15, 0.2) is 6.29 Å². The molecule has 0 spiro atoms. The van der Waals surface area contributed by atoms with Crippen LogP contribution in [0.1, 0.15) is 10.5 Å². The van der Waals surface area contributed by atoms with Gasteiger partial charge in [-0.25, -0.2) is 4.98 Å². The van der Waals surface area contributed by atoms with Crippen molar-refractivity contribution in [1.29, 1.82) is 0 Å². The molecule has 4 rings (SSSR count). The van der Waals surface area contributed by atoms with Gasteiger partial charge in [0.1, 0.15) is 17.0 Å². The van der Waals surface area contributed by atoms with E-state index in [0.29, 0.717) is 22.4 Å². The first kappa shape index (κ1) is 18.4. The zero-order valence-electron chi connectivity index (χ0n) is 15.7. The average Bonchev–Trinajstić information content (AvgIpc) is 3.29. The van der Waals surface area contributed by atoms with E-state index in [-0.39, 0.29) is 18.0 Å². The largest absolute Gasteiger partial charge is 0.352 e. The third-order valence-corrected chi connectivity index (χ3v) is 4.84. The minimum atomic E-state index is -1.10. The SMILES string of the molecule is COC1C=CC(CNC(=O)c2cc3c(=O)n4ccccc4nc3n2C)(OC)O1. The van der Waals surface area contributed by atoms with E-state index in [1.54, 1.807) is 54.2 Å². The highest BCUT2D eigenvalue weighted by atomic mass is 16.8. The minimum absolute atomic E-state index is 0.0780. The van der Waals surface area contributed by atoms with Crippen molar-refractivity contribution in [1.82, 2.24) is 19.3 Å². The van der Waals surface area contributed by atoms with Gasteiger partial charge in [-0.3, -0.25) is 14.0 Å². The summed E-state index contributed by atoms with van der Waals surface area (Å²) in [4.78, 5) is 30.0. The molecule has 9 nitrogen and oxygen atoms in total. The van der Waals surface area contributed by atoms with E-state index < -0.39 is 12.1 Å². The van der Waals surface area contributed by atoms with Gasteiger partial charge in [0.2, 0.25) is 5.79 Å². The molecule has 28 heavy (non-hydrogen) atoms. The van der Waals surface area contributed by atoms with Crippen LogP contribution in [0.25, 0.3) is 16.7 Å². The van der Waals surface area contributed by atoms with Gasteiger partial charge < -0.3 is 24.1 Å². The van der Waals surface area contributed by atoms with E-state index in [9.17, 15) is 9.59 Å². The fourth-order valence-electron chi connectivity index (χ4n) is 3.25. The molecular formula is C19H20N4O5. The van der Waals surface area contributed by atoms with Crippen LogP contribution in [0.3, 0.4) is 0 Å². The van der Waals surface area contributed by atoms with Gasteiger partial charge in [0, 0.05) is 27.5 Å². The molecule has 1 aliphatic heterocycles. The molecular weight excluding hydrogens is 364 g/mol. The summed E-state index contributed by atoms with van der Waals surface area (Å²) in [7, 11) is 4.70. The Bertz CT molecular complexity index is 1150. The summed E-state index contributed by atoms with van der Waals surface area (Å²) in [6.07, 6.45) is 4.52. The standard InChI is InChI=1S/C19H20N4O5/c1-22-13(17(24)20-11-19(27-3)8-7-15(26-2)28-19)10-12-16(22)21-14-6-4-5-9-23(14)18(12)25/h4-10,15H,11H2,1-3H3,(H,20,24). The summed E-state index contributed by atoms with van der Waals surface area (Å²) in [6.45, 7) is 0.0780. The second-order valence-electron chi connectivity index (χ2n) is 6.45. The summed E-state index contributed by atoms with van der Waals surface area (Å²) in [5, 5.41) is 3.16. The number of fused-ring (bicyclic) bond motifs is 2. The van der Waals surface area contributed by atoms with Gasteiger partial charge in [-0.1, -0.05) is 6.07 Å². The zero-order chi connectivity index (χ0) is 19.9. The summed E-state index contributed by atoms with van der Waals surface area (Å²) >= 11 is 0. The van der Waals surface area contributed by atoms with Gasteiger partial charge >= 0.3 is 0 Å². The van der Waals surface area contributed by atoms with Crippen LogP contribution >= 0.6 is 0 Å². The second-order valence-corrected chi connectivity index (χ2v) is 6.45. The first-order chi connectivity index (χ1) is 13.5. The molecule has 1 aliphatic rings. The summed E-state index contributed by atoms with van der Waals surface area (Å²) < 4.78 is 19.2. The van der Waals surface area contributed by atoms with Crippen molar-refractivity contribution in [2.24, 2.45) is 7.05 Å². The quantitative estimate of drug-likeness (QED) is 0.655. The Labute approximate surface area is 160 Å². The Morgan fingerprint density at radius 2 is 2.21 bits per heavy atom. The number of hydrogen-bond donors (Lipinski definition) is 1. The van der Waals surface area contributed by atoms with E-state index in [0.717, 1.165) is 0 Å². The number of nitrogens with one attached hydrogen (secondary N) is 1. The molecule has 9 heteroatoms. The van der Waals surface area contributed by atoms with Gasteiger partial charge in [0.25, 0.3) is 11.5 Å². The second kappa shape index (κ2) is 6.86. The number of pyridine rings is 1. The number of methoxy groups -OCH3 is 2. The van der Waals surface area contributed by atoms with Crippen LogP contribution in [0.5, 0.6) is 0 Å². The lowest BCUT2D eigenvalue weighted by Gasteiger charge is -2.27. The number of amides is 1. The highest BCUT2D eigenvalue weighted by molar-refractivity contribution is 5.98. The first-order valence-electron chi connectivity index (χ1n) is 8.68. The molecule has 2 atom stereocenters. The van der Waals surface area contributed by atoms with Crippen LogP contribution in [0.4, 0.5) is 0 Å². The summed E-state index contributed by atoms with van der Waals surface area (Å²) in [5.74, 6) is -1.48. The van der Waals surface area contributed by atoms with Crippen LogP contribution in [0.15, 0.2) is 47.4 Å². The third kappa shape index (κ3) is 2.89. The molecule has 3 aromatic heterocycles. The number of nitrogens with zero attached hydrogens (tertiary/aromatic N) is 3. The molecule has 0 saturated carbocycles. The van der Waals surface area contributed by atoms with Crippen LogP contribution < -0.4 is 10.9 Å². The highest BCUT2D eigenvalue weighted by Gasteiger charge is 2.36. The smallest absolute Gasteiger partial charge is 0.268 e. The Morgan fingerprint density at radius 3 is 2.93 bits per heavy atom. The van der Waals surface area contributed by atoms with Crippen molar-refractivity contribution in [3.63, 3.8) is 0 Å². The predicted octanol–water partition coefficient (Wildman–Crippen LogP) is 0.818. The monoisotopic (exact) mass is 384 g/mol. The Morgan fingerprint density at radius 1 is 1.39 bits per heavy atom. The molecule has 1 amide bonds. The summed E-state index contributed by atoms with van der Waals surface area (Å²) in [6, 6.07) is 6.84. The van der Waals surface area contributed by atoms with Crippen LogP contribution in [0, 0.1) is 0 Å². The van der Waals surface area contributed by atoms with Crippen LogP contribution in [0.2, 0.25) is 0 Å². The lowest BCUT2D eigenvalue weighted by molar-refractivity contribution is -0.238. The Hall–Kier alpha value is -3.01. The number of carbonyl (C=O) groups is 1. The number of carbonyl (C=O) groups excluding carboxylic acids is 1. The number of rotatable bonds is 5. The van der Waals surface area contributed by atoms with Gasteiger partial charge in [-0.05, 0) is 30.4 Å². The molecule has 0 fully saturated rings. The van der Waals surface area contributed by atoms with Crippen molar-refractivity contribution < 1.29 is 19.0 Å². The normalized spacial score (nSPS) is 21.6. The lowest BCUT2D eigenvalue weighted by Crippen LogP contribution is -2.45. The fourth-order valence-corrected chi connectivity index (χ4v) is 3.25. The van der Waals surface area contributed by atoms with Gasteiger partial charge in [-0.2, -0.15) is 0 Å². The maximum atomic E-state index is 12.8. The Kier molecular flexibility index (Phi) is 4.50. The first-order valence-corrected chi connectivity index (χ1v) is 8.68. The van der Waals surface area contributed by atoms with Gasteiger partial charge in [-0.15, -0.1) is 0 Å². The lowest BCUT2D eigenvalue weighted by atomic mass is 10.2. The Balaban J connectivity index is 1.64. The highest BCUT2D eigenvalue weighted by Crippen LogP contribution is 2.24. The molecule has 0 aromatic carbocycles. The average molecular weight is 384 g/mol. The van der Waals surface area contributed by atoms with Crippen molar-refractivity contribution >= 4 is 22.6 Å². The molecule has 0 bridgehead atoms. The maximum Gasteiger partial charge on any atom is 0.268 e. The molecule has 0 radical (unpaired) electrons. The van der Waals surface area contributed by atoms with E-state index in [4.69, 9.17) is 14.2 Å². The number of aromatic nitrogens is 3. The molecule has 0 aliphatic carbocycles. The number of ether oxygens (including phenoxy) is 3. The van der Waals surface area contributed by atoms with Crippen LogP contribution in [-0.2, 0) is 21.3 Å². The maximum absolute atomic E-state index is 12.8. The molecule has 2 unspecified atom stereocenters. The van der Waals surface area contributed by atoms with Crippen molar-refractivity contribution in [3.05, 3.63) is 58.7 Å². The molecule has 3 aromatic rings. The van der Waals surface area contributed by atoms with Gasteiger partial charge in [0.05, 0.1) is 11.9 Å². The predicted molar refractivity (Wildman–Crippen MR) is 101 cm³/mol. The molecule has 4 heterocycles. The van der Waals surface area contributed by atoms with Crippen molar-refractivity contribution in [2.75, 3.05) is 20.8 Å². The summed E-state index contributed by atoms with van der Waals surface area (Å²) in [5.41, 5.74) is 1.04. The van der Waals surface area contributed by atoms with E-state index in [1.807, 2.05) is 0 Å². The van der Waals surface area contributed by atoms with E-state index in [1.165, 1.54) is 18.6 Å². The molecule has 146 valence electrons. The number of hydrogen-bond acceptors (Lipinski definition) is 6. The zero-order valence-corrected chi connectivity index (χ0v) is 15.7.